The zero-order valence-electron chi connectivity index (χ0n) is 10.7. The van der Waals surface area contributed by atoms with Gasteiger partial charge >= 0.3 is 19.5 Å². The van der Waals surface area contributed by atoms with E-state index in [1.807, 2.05) is 0 Å². The van der Waals surface area contributed by atoms with Crippen molar-refractivity contribution >= 4 is 5.78 Å². The molecule has 0 atom stereocenters. The van der Waals surface area contributed by atoms with E-state index in [1.54, 1.807) is 55.6 Å². The first-order valence-corrected chi connectivity index (χ1v) is 5.52. The van der Waals surface area contributed by atoms with Gasteiger partial charge in [-0.15, -0.1) is 0 Å². The van der Waals surface area contributed by atoms with Crippen LogP contribution in [-0.4, -0.2) is 12.9 Å². The van der Waals surface area contributed by atoms with Gasteiger partial charge in [-0.3, -0.25) is 4.79 Å². The van der Waals surface area contributed by atoms with Gasteiger partial charge in [-0.25, -0.2) is 0 Å². The summed E-state index contributed by atoms with van der Waals surface area (Å²) >= 11 is 2.31. The third-order valence-electron chi connectivity index (χ3n) is 2.33. The Kier molecular flexibility index (Phi) is 8.32. The molecule has 2 rings (SSSR count). The van der Waals surface area contributed by atoms with Crippen molar-refractivity contribution in [1.29, 1.82) is 0 Å². The molecule has 0 saturated carbocycles. The van der Waals surface area contributed by atoms with E-state index in [1.165, 1.54) is 0 Å². The third kappa shape index (κ3) is 4.77. The molecular weight excluding hydrogens is 287 g/mol. The number of carbonyl (C=O) groups excluding carboxylic acids is 1. The number of ether oxygens (including phenoxy) is 1. The Labute approximate surface area is 121 Å². The molecule has 0 bridgehead atoms. The summed E-state index contributed by atoms with van der Waals surface area (Å²) in [6, 6.07) is 16.9. The second-order valence-corrected chi connectivity index (χ2v) is 3.35. The molecule has 2 aromatic rings. The van der Waals surface area contributed by atoms with E-state index in [4.69, 9.17) is 8.60 Å². The van der Waals surface area contributed by atoms with Crippen LogP contribution in [0, 0.1) is 13.5 Å². The molecule has 2 aromatic carbocycles. The van der Waals surface area contributed by atoms with E-state index < -0.39 is 0 Å². The molecule has 103 valence electrons. The molecule has 19 heavy (non-hydrogen) atoms. The van der Waals surface area contributed by atoms with Crippen molar-refractivity contribution in [3.63, 3.8) is 0 Å². The summed E-state index contributed by atoms with van der Waals surface area (Å²) in [5, 5.41) is 0. The topological polar surface area (TPSA) is 43.4 Å². The van der Waals surface area contributed by atoms with E-state index in [9.17, 15) is 4.79 Å². The van der Waals surface area contributed by atoms with Crippen molar-refractivity contribution in [1.82, 2.24) is 0 Å². The van der Waals surface area contributed by atoms with Crippen molar-refractivity contribution in [2.24, 2.45) is 0 Å². The molecule has 0 amide bonds. The quantitative estimate of drug-likeness (QED) is 0.646. The van der Waals surface area contributed by atoms with Gasteiger partial charge < -0.3 is 12.2 Å². The van der Waals surface area contributed by atoms with Gasteiger partial charge in [0.25, 0.3) is 0 Å². The number of ketones is 1. The van der Waals surface area contributed by atoms with E-state index in [-0.39, 0.29) is 13.2 Å². The molecule has 4 heteroatoms. The molecule has 0 aliphatic rings. The van der Waals surface area contributed by atoms with Crippen LogP contribution >= 0.6 is 0 Å². The van der Waals surface area contributed by atoms with E-state index in [0.717, 1.165) is 5.75 Å². The summed E-state index contributed by atoms with van der Waals surface area (Å²) in [5.41, 5.74) is 1.33. The fourth-order valence-corrected chi connectivity index (χ4v) is 1.45. The molecule has 0 spiro atoms. The summed E-state index contributed by atoms with van der Waals surface area (Å²) in [5.74, 6) is 0.759. The van der Waals surface area contributed by atoms with E-state index >= 15 is 0 Å². The number of hydrogen-bond donors (Lipinski definition) is 0. The number of carbonyl (C=O) groups is 1. The Bertz CT molecular complexity index is 495. The molecular formula is C15H14CoO3-2. The standard InChI is InChI=1S/C14H11O2.CH3.Co.O/c1-16-13-9-7-12(8-10-13)14(15)11-5-3-2-4-6-11;;;/h3-10H,1H3;1H3;;/q2*-1;;. The maximum absolute atomic E-state index is 12.0. The van der Waals surface area contributed by atoms with Gasteiger partial charge in [0, 0.05) is 5.56 Å². The SMILES string of the molecule is COc1ccc(C(=O)c2cc[c-]cc2)cc1.[CH3-].[O]=[Co]. The fourth-order valence-electron chi connectivity index (χ4n) is 1.45. The molecule has 0 heterocycles. The van der Waals surface area contributed by atoms with Crippen molar-refractivity contribution in [2.45, 2.75) is 0 Å². The van der Waals surface area contributed by atoms with Gasteiger partial charge in [-0.2, -0.15) is 30.3 Å². The van der Waals surface area contributed by atoms with Gasteiger partial charge in [0.15, 0.2) is 5.78 Å². The molecule has 0 fully saturated rings. The average Bonchev–Trinajstić information content (AvgIpc) is 2.49. The maximum atomic E-state index is 12.0. The Hall–Kier alpha value is -1.78. The second kappa shape index (κ2) is 9.19. The summed E-state index contributed by atoms with van der Waals surface area (Å²) < 4.78 is 13.0. The minimum atomic E-state index is 0. The second-order valence-electron chi connectivity index (χ2n) is 3.35. The van der Waals surface area contributed by atoms with Crippen molar-refractivity contribution in [3.8, 4) is 5.75 Å². The Morgan fingerprint density at radius 1 is 1.00 bits per heavy atom. The first kappa shape index (κ1) is 17.2. The summed E-state index contributed by atoms with van der Waals surface area (Å²) in [6.45, 7) is 0. The summed E-state index contributed by atoms with van der Waals surface area (Å²) in [6.07, 6.45) is 0. The minimum absolute atomic E-state index is 0. The fraction of sp³-hybridized carbons (Fsp3) is 0.0667. The number of rotatable bonds is 3. The van der Waals surface area contributed by atoms with Gasteiger partial charge in [0.05, 0.1) is 7.11 Å². The van der Waals surface area contributed by atoms with Crippen LogP contribution in [-0.2, 0) is 19.5 Å². The predicted octanol–water partition coefficient (Wildman–Crippen LogP) is 3.06. The first-order valence-electron chi connectivity index (χ1n) is 5.10. The zero-order valence-corrected chi connectivity index (χ0v) is 11.7. The van der Waals surface area contributed by atoms with Crippen LogP contribution in [0.3, 0.4) is 0 Å². The molecule has 0 aliphatic heterocycles. The first-order chi connectivity index (χ1) is 8.81. The molecule has 0 saturated heterocycles. The number of hydrogen-bond acceptors (Lipinski definition) is 3. The Morgan fingerprint density at radius 2 is 1.47 bits per heavy atom. The summed E-state index contributed by atoms with van der Waals surface area (Å²) in [7, 11) is 1.60. The van der Waals surface area contributed by atoms with E-state index in [2.05, 4.69) is 21.7 Å². The third-order valence-corrected chi connectivity index (χ3v) is 2.33. The monoisotopic (exact) mass is 301 g/mol. The Morgan fingerprint density at radius 3 is 1.95 bits per heavy atom. The van der Waals surface area contributed by atoms with Crippen LogP contribution in [0.15, 0.2) is 48.5 Å². The number of methoxy groups -OCH3 is 1. The molecule has 0 aromatic heterocycles. The van der Waals surface area contributed by atoms with Crippen LogP contribution in [0.25, 0.3) is 0 Å². The van der Waals surface area contributed by atoms with Crippen molar-refractivity contribution < 1.29 is 29.1 Å². The summed E-state index contributed by atoms with van der Waals surface area (Å²) in [4.78, 5) is 12.0. The van der Waals surface area contributed by atoms with Crippen molar-refractivity contribution in [3.05, 3.63) is 73.2 Å². The van der Waals surface area contributed by atoms with E-state index in [0.29, 0.717) is 11.1 Å². The van der Waals surface area contributed by atoms with Crippen LogP contribution in [0.4, 0.5) is 0 Å². The normalized spacial score (nSPS) is 8.53. The van der Waals surface area contributed by atoms with Gasteiger partial charge in [0.2, 0.25) is 0 Å². The van der Waals surface area contributed by atoms with Gasteiger partial charge in [-0.1, -0.05) is 5.56 Å². The molecule has 0 N–H and O–H groups in total. The van der Waals surface area contributed by atoms with Gasteiger partial charge in [0.1, 0.15) is 5.75 Å². The molecule has 0 aliphatic carbocycles. The van der Waals surface area contributed by atoms with Crippen LogP contribution in [0.2, 0.25) is 0 Å². The van der Waals surface area contributed by atoms with Crippen LogP contribution in [0.5, 0.6) is 5.75 Å². The Balaban J connectivity index is 0.00000103. The van der Waals surface area contributed by atoms with Crippen molar-refractivity contribution in [2.75, 3.05) is 7.11 Å². The number of benzene rings is 2. The van der Waals surface area contributed by atoms with Crippen LogP contribution in [0.1, 0.15) is 15.9 Å². The average molecular weight is 301 g/mol. The predicted molar refractivity (Wildman–Crippen MR) is 68.8 cm³/mol. The molecule has 0 unspecified atom stereocenters. The molecule has 0 radical (unpaired) electrons. The van der Waals surface area contributed by atoms with Crippen LogP contribution < -0.4 is 4.74 Å². The zero-order chi connectivity index (χ0) is 13.4. The molecule has 3 nitrogen and oxygen atoms in total. The van der Waals surface area contributed by atoms with Gasteiger partial charge in [-0.05, 0) is 24.3 Å².